The molecule has 0 saturated carbocycles. The van der Waals surface area contributed by atoms with Crippen molar-refractivity contribution in [2.24, 2.45) is 0 Å². The standard InChI is InChI=1S/C15H10ClNO2/c1-9-5-4-7-11-13(9)19-15(17-14(11)18)10-6-2-3-8-12(10)16/h2-8H,1H3. The van der Waals surface area contributed by atoms with Crippen LogP contribution in [0.5, 0.6) is 0 Å². The first-order valence-electron chi connectivity index (χ1n) is 5.82. The van der Waals surface area contributed by atoms with Crippen LogP contribution in [0.15, 0.2) is 51.7 Å². The number of rotatable bonds is 1. The second-order valence-corrected chi connectivity index (χ2v) is 4.66. The second-order valence-electron chi connectivity index (χ2n) is 4.26. The van der Waals surface area contributed by atoms with Gasteiger partial charge in [0.25, 0.3) is 5.56 Å². The normalized spacial score (nSPS) is 10.8. The van der Waals surface area contributed by atoms with Crippen LogP contribution >= 0.6 is 11.6 Å². The highest BCUT2D eigenvalue weighted by Crippen LogP contribution is 2.27. The molecular formula is C15H10ClNO2. The molecule has 0 fully saturated rings. The topological polar surface area (TPSA) is 43.1 Å². The molecule has 0 N–H and O–H groups in total. The van der Waals surface area contributed by atoms with Crippen LogP contribution in [0.3, 0.4) is 0 Å². The van der Waals surface area contributed by atoms with E-state index in [0.717, 1.165) is 5.56 Å². The van der Waals surface area contributed by atoms with E-state index in [1.54, 1.807) is 18.2 Å². The van der Waals surface area contributed by atoms with Gasteiger partial charge in [0.15, 0.2) is 0 Å². The number of para-hydroxylation sites is 1. The van der Waals surface area contributed by atoms with Crippen LogP contribution in [0.2, 0.25) is 5.02 Å². The van der Waals surface area contributed by atoms with E-state index in [4.69, 9.17) is 16.0 Å². The molecule has 4 heteroatoms. The average molecular weight is 272 g/mol. The van der Waals surface area contributed by atoms with Gasteiger partial charge in [-0.15, -0.1) is 0 Å². The first-order valence-corrected chi connectivity index (χ1v) is 6.20. The van der Waals surface area contributed by atoms with Gasteiger partial charge in [-0.3, -0.25) is 4.79 Å². The van der Waals surface area contributed by atoms with Gasteiger partial charge in [0.1, 0.15) is 5.58 Å². The van der Waals surface area contributed by atoms with Gasteiger partial charge in [0.05, 0.1) is 16.0 Å². The van der Waals surface area contributed by atoms with E-state index < -0.39 is 0 Å². The lowest BCUT2D eigenvalue weighted by molar-refractivity contribution is 0.592. The van der Waals surface area contributed by atoms with E-state index in [1.807, 2.05) is 31.2 Å². The Morgan fingerprint density at radius 2 is 1.89 bits per heavy atom. The first kappa shape index (κ1) is 11.9. The molecule has 0 bridgehead atoms. The lowest BCUT2D eigenvalue weighted by Crippen LogP contribution is -2.07. The van der Waals surface area contributed by atoms with Crippen molar-refractivity contribution < 1.29 is 4.42 Å². The molecule has 3 rings (SSSR count). The van der Waals surface area contributed by atoms with Crippen LogP contribution in [-0.2, 0) is 0 Å². The van der Waals surface area contributed by atoms with Crippen molar-refractivity contribution in [2.75, 3.05) is 0 Å². The minimum atomic E-state index is -0.306. The zero-order chi connectivity index (χ0) is 13.4. The summed E-state index contributed by atoms with van der Waals surface area (Å²) in [6.07, 6.45) is 0. The fourth-order valence-corrected chi connectivity index (χ4v) is 2.19. The predicted octanol–water partition coefficient (Wildman–Crippen LogP) is 3.82. The Morgan fingerprint density at radius 3 is 2.68 bits per heavy atom. The summed E-state index contributed by atoms with van der Waals surface area (Å²) in [4.78, 5) is 16.0. The quantitative estimate of drug-likeness (QED) is 0.676. The van der Waals surface area contributed by atoms with Gasteiger partial charge in [-0.25, -0.2) is 0 Å². The van der Waals surface area contributed by atoms with Gasteiger partial charge >= 0.3 is 0 Å². The first-order chi connectivity index (χ1) is 9.16. The maximum atomic E-state index is 12.0. The Balaban J connectivity index is 2.36. The van der Waals surface area contributed by atoms with Crippen molar-refractivity contribution >= 4 is 22.6 Å². The average Bonchev–Trinajstić information content (AvgIpc) is 2.40. The van der Waals surface area contributed by atoms with E-state index in [-0.39, 0.29) is 11.4 Å². The highest BCUT2D eigenvalue weighted by molar-refractivity contribution is 6.33. The highest BCUT2D eigenvalue weighted by Gasteiger charge is 2.12. The van der Waals surface area contributed by atoms with Crippen molar-refractivity contribution in [3.05, 3.63) is 63.4 Å². The largest absolute Gasteiger partial charge is 0.437 e. The summed E-state index contributed by atoms with van der Waals surface area (Å²) in [5.74, 6) is 0.248. The fraction of sp³-hybridized carbons (Fsp3) is 0.0667. The van der Waals surface area contributed by atoms with Crippen molar-refractivity contribution in [3.8, 4) is 11.5 Å². The van der Waals surface area contributed by atoms with Crippen molar-refractivity contribution in [3.63, 3.8) is 0 Å². The zero-order valence-corrected chi connectivity index (χ0v) is 10.9. The predicted molar refractivity (Wildman–Crippen MR) is 75.5 cm³/mol. The van der Waals surface area contributed by atoms with E-state index in [0.29, 0.717) is 21.6 Å². The van der Waals surface area contributed by atoms with Crippen LogP contribution in [0.1, 0.15) is 5.56 Å². The Labute approximate surface area is 114 Å². The molecular weight excluding hydrogens is 262 g/mol. The van der Waals surface area contributed by atoms with Gasteiger partial charge in [-0.2, -0.15) is 4.98 Å². The van der Waals surface area contributed by atoms with Gasteiger partial charge in [-0.05, 0) is 30.7 Å². The van der Waals surface area contributed by atoms with Gasteiger partial charge in [0.2, 0.25) is 5.89 Å². The molecule has 0 unspecified atom stereocenters. The van der Waals surface area contributed by atoms with Gasteiger partial charge in [0, 0.05) is 0 Å². The van der Waals surface area contributed by atoms with Crippen molar-refractivity contribution in [1.29, 1.82) is 0 Å². The summed E-state index contributed by atoms with van der Waals surface area (Å²) < 4.78 is 5.74. The summed E-state index contributed by atoms with van der Waals surface area (Å²) in [7, 11) is 0. The third-order valence-electron chi connectivity index (χ3n) is 2.95. The van der Waals surface area contributed by atoms with Crippen molar-refractivity contribution in [2.45, 2.75) is 6.92 Å². The van der Waals surface area contributed by atoms with Gasteiger partial charge < -0.3 is 4.42 Å². The Hall–Kier alpha value is -2.13. The van der Waals surface area contributed by atoms with E-state index >= 15 is 0 Å². The molecule has 3 aromatic rings. The van der Waals surface area contributed by atoms with Crippen LogP contribution < -0.4 is 5.56 Å². The number of benzene rings is 2. The molecule has 1 heterocycles. The Kier molecular flexibility index (Phi) is 2.84. The maximum absolute atomic E-state index is 12.0. The minimum Gasteiger partial charge on any atom is -0.437 e. The summed E-state index contributed by atoms with van der Waals surface area (Å²) in [5.41, 5.74) is 1.76. The molecule has 0 aliphatic rings. The molecule has 3 nitrogen and oxygen atoms in total. The monoisotopic (exact) mass is 271 g/mol. The minimum absolute atomic E-state index is 0.248. The molecule has 0 amide bonds. The summed E-state index contributed by atoms with van der Waals surface area (Å²) in [6, 6.07) is 12.6. The molecule has 0 aliphatic heterocycles. The van der Waals surface area contributed by atoms with E-state index in [1.165, 1.54) is 0 Å². The number of hydrogen-bond donors (Lipinski definition) is 0. The zero-order valence-electron chi connectivity index (χ0n) is 10.2. The van der Waals surface area contributed by atoms with Crippen molar-refractivity contribution in [1.82, 2.24) is 4.98 Å². The molecule has 0 saturated heterocycles. The number of nitrogens with zero attached hydrogens (tertiary/aromatic N) is 1. The third kappa shape index (κ3) is 2.02. The van der Waals surface area contributed by atoms with Crippen LogP contribution in [0.25, 0.3) is 22.4 Å². The molecule has 0 aliphatic carbocycles. The summed E-state index contributed by atoms with van der Waals surface area (Å²) in [6.45, 7) is 1.89. The summed E-state index contributed by atoms with van der Waals surface area (Å²) >= 11 is 6.10. The molecule has 0 spiro atoms. The van der Waals surface area contributed by atoms with E-state index in [9.17, 15) is 4.79 Å². The smallest absolute Gasteiger partial charge is 0.284 e. The number of aryl methyl sites for hydroxylation is 1. The number of aromatic nitrogens is 1. The Morgan fingerprint density at radius 1 is 1.11 bits per heavy atom. The fourth-order valence-electron chi connectivity index (χ4n) is 1.98. The Bertz CT molecular complexity index is 824. The molecule has 0 atom stereocenters. The molecule has 94 valence electrons. The molecule has 1 aromatic heterocycles. The SMILES string of the molecule is Cc1cccc2c(=O)nc(-c3ccccc3Cl)oc12. The third-order valence-corrected chi connectivity index (χ3v) is 3.28. The molecule has 0 radical (unpaired) electrons. The lowest BCUT2D eigenvalue weighted by atomic mass is 10.1. The lowest BCUT2D eigenvalue weighted by Gasteiger charge is -2.05. The maximum Gasteiger partial charge on any atom is 0.284 e. The number of halogens is 1. The second kappa shape index (κ2) is 4.52. The van der Waals surface area contributed by atoms with E-state index in [2.05, 4.69) is 4.98 Å². The van der Waals surface area contributed by atoms with Crippen LogP contribution in [-0.4, -0.2) is 4.98 Å². The van der Waals surface area contributed by atoms with Crippen LogP contribution in [0, 0.1) is 6.92 Å². The van der Waals surface area contributed by atoms with Gasteiger partial charge in [-0.1, -0.05) is 35.9 Å². The van der Waals surface area contributed by atoms with Crippen LogP contribution in [0.4, 0.5) is 0 Å². The highest BCUT2D eigenvalue weighted by atomic mass is 35.5. The molecule has 19 heavy (non-hydrogen) atoms. The number of hydrogen-bond acceptors (Lipinski definition) is 3. The number of fused-ring (bicyclic) bond motifs is 1. The molecule has 2 aromatic carbocycles. The summed E-state index contributed by atoms with van der Waals surface area (Å²) in [5, 5.41) is 0.988.